The number of unbranched alkanes of at least 4 members (excludes halogenated alkanes) is 4. The van der Waals surface area contributed by atoms with Crippen molar-refractivity contribution in [3.8, 4) is 0 Å². The second-order valence-electron chi connectivity index (χ2n) is 3.30. The van der Waals surface area contributed by atoms with Crippen LogP contribution in [0.4, 0.5) is 0 Å². The van der Waals surface area contributed by atoms with Crippen LogP contribution in [-0.2, 0) is 0 Å². The molecule has 0 radical (unpaired) electrons. The number of rotatable bonds is 8. The minimum Gasteiger partial charge on any atom is -0.122 e. The van der Waals surface area contributed by atoms with Crippen LogP contribution in [0.5, 0.6) is 0 Å². The molecule has 0 aliphatic heterocycles. The van der Waals surface area contributed by atoms with Crippen molar-refractivity contribution in [1.82, 2.24) is 0 Å². The summed E-state index contributed by atoms with van der Waals surface area (Å²) in [6.07, 6.45) is 11.5. The highest BCUT2D eigenvalue weighted by Gasteiger charge is 1.98. The second kappa shape index (κ2) is 10.4. The normalized spacial score (nSPS) is 13.8. The molecule has 13 heavy (non-hydrogen) atoms. The molecule has 78 valence electrons. The van der Waals surface area contributed by atoms with E-state index < -0.39 is 0 Å². The predicted molar refractivity (Wildman–Crippen MR) is 62.9 cm³/mol. The maximum atomic E-state index is 6.03. The van der Waals surface area contributed by atoms with Crippen molar-refractivity contribution in [2.45, 2.75) is 50.8 Å². The first-order chi connectivity index (χ1) is 6.31. The average molecular weight is 223 g/mol. The fourth-order valence-corrected chi connectivity index (χ4v) is 1.60. The van der Waals surface area contributed by atoms with E-state index >= 15 is 0 Å². The van der Waals surface area contributed by atoms with Gasteiger partial charge in [-0.1, -0.05) is 51.2 Å². The molecule has 0 saturated heterocycles. The summed E-state index contributed by atoms with van der Waals surface area (Å²) in [4.78, 5) is 0. The summed E-state index contributed by atoms with van der Waals surface area (Å²) in [7, 11) is 0. The summed E-state index contributed by atoms with van der Waals surface area (Å²) in [6, 6.07) is 0. The molecule has 1 unspecified atom stereocenters. The van der Waals surface area contributed by atoms with E-state index in [1.165, 1.54) is 32.1 Å². The molecule has 0 fully saturated rings. The molecule has 0 aromatic rings. The Morgan fingerprint density at radius 1 is 1.15 bits per heavy atom. The van der Waals surface area contributed by atoms with Gasteiger partial charge in [0.05, 0.1) is 5.38 Å². The lowest BCUT2D eigenvalue weighted by atomic mass is 10.1. The van der Waals surface area contributed by atoms with Gasteiger partial charge in [0.15, 0.2) is 0 Å². The van der Waals surface area contributed by atoms with Crippen molar-refractivity contribution in [2.75, 3.05) is 5.88 Å². The summed E-state index contributed by atoms with van der Waals surface area (Å²) >= 11 is 11.5. The Morgan fingerprint density at radius 2 is 1.85 bits per heavy atom. The summed E-state index contributed by atoms with van der Waals surface area (Å²) < 4.78 is 0. The molecule has 0 nitrogen and oxygen atoms in total. The molecule has 0 amide bonds. The zero-order valence-electron chi connectivity index (χ0n) is 8.44. The van der Waals surface area contributed by atoms with Gasteiger partial charge in [-0.25, -0.2) is 0 Å². The van der Waals surface area contributed by atoms with Crippen molar-refractivity contribution in [1.29, 1.82) is 0 Å². The van der Waals surface area contributed by atoms with Crippen molar-refractivity contribution < 1.29 is 0 Å². The lowest BCUT2D eigenvalue weighted by Gasteiger charge is -2.03. The van der Waals surface area contributed by atoms with E-state index in [1.807, 2.05) is 12.2 Å². The molecule has 0 aliphatic rings. The molecule has 0 aromatic carbocycles. The van der Waals surface area contributed by atoms with Crippen LogP contribution in [-0.4, -0.2) is 11.3 Å². The van der Waals surface area contributed by atoms with Crippen LogP contribution >= 0.6 is 23.2 Å². The van der Waals surface area contributed by atoms with Crippen molar-refractivity contribution in [2.24, 2.45) is 0 Å². The zero-order valence-corrected chi connectivity index (χ0v) is 9.95. The highest BCUT2D eigenvalue weighted by molar-refractivity contribution is 6.22. The molecular weight excluding hydrogens is 203 g/mol. The number of hydrogen-bond donors (Lipinski definition) is 0. The Labute approximate surface area is 92.3 Å². The Bertz CT molecular complexity index is 121. The largest absolute Gasteiger partial charge is 0.122 e. The summed E-state index contributed by atoms with van der Waals surface area (Å²) in [5.74, 6) is 0.569. The van der Waals surface area contributed by atoms with Gasteiger partial charge >= 0.3 is 0 Å². The first-order valence-electron chi connectivity index (χ1n) is 5.18. The van der Waals surface area contributed by atoms with Crippen LogP contribution in [0.3, 0.4) is 0 Å². The van der Waals surface area contributed by atoms with E-state index in [4.69, 9.17) is 23.2 Å². The topological polar surface area (TPSA) is 0 Å². The molecule has 0 bridgehead atoms. The lowest BCUT2D eigenvalue weighted by molar-refractivity contribution is 0.613. The standard InChI is InChI=1S/C11H20Cl2/c1-2-3-4-5-6-8-11(13)9-7-10-12/h7,9,11H,2-6,8,10H2,1H3/b9-7+. The molecule has 1 atom stereocenters. The smallest absolute Gasteiger partial charge is 0.0516 e. The first kappa shape index (κ1) is 13.3. The third-order valence-corrected chi connectivity index (χ3v) is 2.56. The average Bonchev–Trinajstić information content (AvgIpc) is 2.14. The fourth-order valence-electron chi connectivity index (χ4n) is 1.24. The van der Waals surface area contributed by atoms with Gasteiger partial charge in [0.1, 0.15) is 0 Å². The van der Waals surface area contributed by atoms with Crippen LogP contribution in [0, 0.1) is 0 Å². The lowest BCUT2D eigenvalue weighted by Crippen LogP contribution is -1.93. The quantitative estimate of drug-likeness (QED) is 0.316. The van der Waals surface area contributed by atoms with E-state index in [1.54, 1.807) is 0 Å². The van der Waals surface area contributed by atoms with Crippen molar-refractivity contribution in [3.63, 3.8) is 0 Å². The highest BCUT2D eigenvalue weighted by atomic mass is 35.5. The van der Waals surface area contributed by atoms with Gasteiger partial charge in [0.25, 0.3) is 0 Å². The minimum absolute atomic E-state index is 0.181. The summed E-state index contributed by atoms with van der Waals surface area (Å²) in [5, 5.41) is 0.181. The predicted octanol–water partition coefficient (Wildman–Crippen LogP) is 4.75. The van der Waals surface area contributed by atoms with Crippen LogP contribution in [0.15, 0.2) is 12.2 Å². The molecule has 0 N–H and O–H groups in total. The van der Waals surface area contributed by atoms with E-state index in [0.717, 1.165) is 6.42 Å². The van der Waals surface area contributed by atoms with Crippen LogP contribution < -0.4 is 0 Å². The van der Waals surface area contributed by atoms with Crippen molar-refractivity contribution >= 4 is 23.2 Å². The maximum Gasteiger partial charge on any atom is 0.0516 e. The Hall–Kier alpha value is 0.320. The number of hydrogen-bond acceptors (Lipinski definition) is 0. The summed E-state index contributed by atoms with van der Waals surface area (Å²) in [5.41, 5.74) is 0. The van der Waals surface area contributed by atoms with Gasteiger partial charge in [-0.3, -0.25) is 0 Å². The molecule has 2 heteroatoms. The molecule has 0 aromatic heterocycles. The SMILES string of the molecule is CCCCCCCC(Cl)/C=C/CCl. The van der Waals surface area contributed by atoms with Gasteiger partial charge in [-0.15, -0.1) is 23.2 Å². The zero-order chi connectivity index (χ0) is 9.94. The second-order valence-corrected chi connectivity index (χ2v) is 4.17. The maximum absolute atomic E-state index is 6.03. The molecule has 0 aliphatic carbocycles. The van der Waals surface area contributed by atoms with E-state index in [9.17, 15) is 0 Å². The third-order valence-electron chi connectivity index (χ3n) is 2.02. The van der Waals surface area contributed by atoms with Gasteiger partial charge in [0, 0.05) is 5.88 Å². The van der Waals surface area contributed by atoms with Crippen LogP contribution in [0.2, 0.25) is 0 Å². The molecule has 0 heterocycles. The monoisotopic (exact) mass is 222 g/mol. The number of halogens is 2. The number of alkyl halides is 2. The van der Waals surface area contributed by atoms with Gasteiger partial charge < -0.3 is 0 Å². The van der Waals surface area contributed by atoms with E-state index in [2.05, 4.69) is 6.92 Å². The highest BCUT2D eigenvalue weighted by Crippen LogP contribution is 2.12. The van der Waals surface area contributed by atoms with Gasteiger partial charge in [-0.2, -0.15) is 0 Å². The van der Waals surface area contributed by atoms with Gasteiger partial charge in [0.2, 0.25) is 0 Å². The van der Waals surface area contributed by atoms with Crippen LogP contribution in [0.25, 0.3) is 0 Å². The van der Waals surface area contributed by atoms with Crippen molar-refractivity contribution in [3.05, 3.63) is 12.2 Å². The Kier molecular flexibility index (Phi) is 10.7. The first-order valence-corrected chi connectivity index (χ1v) is 6.15. The molecule has 0 rings (SSSR count). The summed E-state index contributed by atoms with van der Waals surface area (Å²) in [6.45, 7) is 2.23. The molecule has 0 spiro atoms. The van der Waals surface area contributed by atoms with E-state index in [0.29, 0.717) is 5.88 Å². The van der Waals surface area contributed by atoms with Gasteiger partial charge in [-0.05, 0) is 6.42 Å². The fraction of sp³-hybridized carbons (Fsp3) is 0.818. The molecule has 0 saturated carbocycles. The minimum atomic E-state index is 0.181. The van der Waals surface area contributed by atoms with E-state index in [-0.39, 0.29) is 5.38 Å². The molecular formula is C11H20Cl2. The Balaban J connectivity index is 3.16. The Morgan fingerprint density at radius 3 is 2.46 bits per heavy atom. The third kappa shape index (κ3) is 10.2. The number of allylic oxidation sites excluding steroid dienone is 2. The van der Waals surface area contributed by atoms with Crippen LogP contribution in [0.1, 0.15) is 45.4 Å².